The van der Waals surface area contributed by atoms with Crippen molar-refractivity contribution in [2.75, 3.05) is 13.7 Å². The second kappa shape index (κ2) is 6.58. The summed E-state index contributed by atoms with van der Waals surface area (Å²) in [5, 5.41) is 0. The molecule has 0 aliphatic carbocycles. The molecule has 3 rings (SSSR count). The molecule has 0 saturated carbocycles. The summed E-state index contributed by atoms with van der Waals surface area (Å²) < 4.78 is 38.0. The molecule has 118 valence electrons. The first-order valence-electron chi connectivity index (χ1n) is 7.43. The summed E-state index contributed by atoms with van der Waals surface area (Å²) >= 11 is 0. The fourth-order valence-electron chi connectivity index (χ4n) is 3.02. The molecule has 0 radical (unpaired) electrons. The quantitative estimate of drug-likeness (QED) is 0.833. The van der Waals surface area contributed by atoms with Crippen LogP contribution in [0.3, 0.4) is 0 Å². The van der Waals surface area contributed by atoms with Crippen molar-refractivity contribution >= 4 is 0 Å². The van der Waals surface area contributed by atoms with E-state index < -0.39 is 11.6 Å². The minimum Gasteiger partial charge on any atom is -0.462 e. The van der Waals surface area contributed by atoms with Crippen LogP contribution in [0, 0.1) is 11.6 Å². The lowest BCUT2D eigenvalue weighted by Gasteiger charge is -2.23. The smallest absolute Gasteiger partial charge is 0.163 e. The average Bonchev–Trinajstić information content (AvgIpc) is 3.13. The van der Waals surface area contributed by atoms with Crippen molar-refractivity contribution in [3.05, 3.63) is 59.1 Å². The van der Waals surface area contributed by atoms with Crippen molar-refractivity contribution < 1.29 is 17.9 Å². The van der Waals surface area contributed by atoms with Crippen LogP contribution in [0.2, 0.25) is 0 Å². The third kappa shape index (κ3) is 3.05. The molecule has 1 saturated heterocycles. The Morgan fingerprint density at radius 2 is 2.14 bits per heavy atom. The normalized spacial score (nSPS) is 19.0. The van der Waals surface area contributed by atoms with E-state index in [4.69, 9.17) is 9.15 Å². The van der Waals surface area contributed by atoms with E-state index in [2.05, 4.69) is 4.90 Å². The lowest BCUT2D eigenvalue weighted by molar-refractivity contribution is 0.155. The maximum Gasteiger partial charge on any atom is 0.163 e. The van der Waals surface area contributed by atoms with Gasteiger partial charge in [0.25, 0.3) is 0 Å². The van der Waals surface area contributed by atoms with Gasteiger partial charge in [-0.15, -0.1) is 0 Å². The van der Waals surface area contributed by atoms with E-state index in [0.29, 0.717) is 18.7 Å². The Morgan fingerprint density at radius 3 is 2.95 bits per heavy atom. The lowest BCUT2D eigenvalue weighted by Crippen LogP contribution is -2.23. The molecule has 2 heterocycles. The summed E-state index contributed by atoms with van der Waals surface area (Å²) in [5.74, 6) is 0.0870. The van der Waals surface area contributed by atoms with Gasteiger partial charge in [-0.05, 0) is 37.6 Å². The first kappa shape index (κ1) is 15.2. The summed E-state index contributed by atoms with van der Waals surface area (Å²) in [6.45, 7) is 1.67. The Hall–Kier alpha value is -1.72. The van der Waals surface area contributed by atoms with Gasteiger partial charge >= 0.3 is 0 Å². The number of benzene rings is 1. The number of hydrogen-bond donors (Lipinski definition) is 0. The molecule has 0 amide bonds. The molecule has 1 aliphatic heterocycles. The van der Waals surface area contributed by atoms with Crippen molar-refractivity contribution in [3.8, 4) is 0 Å². The van der Waals surface area contributed by atoms with Gasteiger partial charge in [0.2, 0.25) is 0 Å². The lowest BCUT2D eigenvalue weighted by atomic mass is 10.1. The van der Waals surface area contributed by atoms with Gasteiger partial charge in [-0.1, -0.05) is 12.1 Å². The summed E-state index contributed by atoms with van der Waals surface area (Å²) in [6.07, 6.45) is 1.97. The second-order valence-corrected chi connectivity index (χ2v) is 5.58. The van der Waals surface area contributed by atoms with E-state index >= 15 is 0 Å². The highest BCUT2D eigenvalue weighted by molar-refractivity contribution is 5.20. The highest BCUT2D eigenvalue weighted by Gasteiger charge is 2.29. The SMILES string of the molecule is COCc1ccc(C2CCCN2Cc2cccc(F)c2F)o1. The largest absolute Gasteiger partial charge is 0.462 e. The van der Waals surface area contributed by atoms with Gasteiger partial charge in [-0.25, -0.2) is 8.78 Å². The highest BCUT2D eigenvalue weighted by atomic mass is 19.2. The molecular weight excluding hydrogens is 288 g/mol. The minimum absolute atomic E-state index is 0.105. The number of rotatable bonds is 5. The van der Waals surface area contributed by atoms with Gasteiger partial charge < -0.3 is 9.15 Å². The molecule has 1 fully saturated rings. The summed E-state index contributed by atoms with van der Waals surface area (Å²) in [4.78, 5) is 2.13. The predicted molar refractivity (Wildman–Crippen MR) is 78.2 cm³/mol. The molecular formula is C17H19F2NO2. The average molecular weight is 307 g/mol. The molecule has 1 aromatic carbocycles. The van der Waals surface area contributed by atoms with Crippen molar-refractivity contribution in [3.63, 3.8) is 0 Å². The van der Waals surface area contributed by atoms with Crippen LogP contribution in [0.4, 0.5) is 8.78 Å². The Kier molecular flexibility index (Phi) is 4.55. The number of furan rings is 1. The molecule has 2 aromatic rings. The number of methoxy groups -OCH3 is 1. The van der Waals surface area contributed by atoms with Crippen LogP contribution in [0.25, 0.3) is 0 Å². The summed E-state index contributed by atoms with van der Waals surface area (Å²) in [5.41, 5.74) is 0.385. The third-order valence-corrected chi connectivity index (χ3v) is 4.07. The first-order chi connectivity index (χ1) is 10.7. The number of likely N-dealkylation sites (tertiary alicyclic amines) is 1. The molecule has 1 aromatic heterocycles. The minimum atomic E-state index is -0.798. The van der Waals surface area contributed by atoms with E-state index in [1.165, 1.54) is 0 Å². The van der Waals surface area contributed by atoms with Crippen LogP contribution in [0.1, 0.15) is 36.0 Å². The third-order valence-electron chi connectivity index (χ3n) is 4.07. The highest BCUT2D eigenvalue weighted by Crippen LogP contribution is 2.34. The fraction of sp³-hybridized carbons (Fsp3) is 0.412. The van der Waals surface area contributed by atoms with Crippen LogP contribution in [-0.4, -0.2) is 18.6 Å². The van der Waals surface area contributed by atoms with Crippen LogP contribution in [-0.2, 0) is 17.9 Å². The van der Waals surface area contributed by atoms with Crippen molar-refractivity contribution in [2.45, 2.75) is 32.0 Å². The van der Waals surface area contributed by atoms with Crippen LogP contribution in [0.5, 0.6) is 0 Å². The summed E-state index contributed by atoms with van der Waals surface area (Å²) in [6, 6.07) is 8.27. The van der Waals surface area contributed by atoms with Crippen LogP contribution in [0.15, 0.2) is 34.7 Å². The fourth-order valence-corrected chi connectivity index (χ4v) is 3.02. The Balaban J connectivity index is 1.76. The van der Waals surface area contributed by atoms with Gasteiger partial charge in [-0.2, -0.15) is 0 Å². The number of hydrogen-bond acceptors (Lipinski definition) is 3. The van der Waals surface area contributed by atoms with E-state index in [9.17, 15) is 8.78 Å². The monoisotopic (exact) mass is 307 g/mol. The molecule has 1 aliphatic rings. The van der Waals surface area contributed by atoms with Crippen molar-refractivity contribution in [1.29, 1.82) is 0 Å². The molecule has 22 heavy (non-hydrogen) atoms. The van der Waals surface area contributed by atoms with E-state index in [1.54, 1.807) is 19.2 Å². The standard InChI is InChI=1S/C17H19F2NO2/c1-21-11-13-7-8-16(22-13)15-6-3-9-20(15)10-12-4-2-5-14(18)17(12)19/h2,4-5,7-8,15H,3,6,9-11H2,1H3. The topological polar surface area (TPSA) is 25.6 Å². The maximum atomic E-state index is 13.8. The first-order valence-corrected chi connectivity index (χ1v) is 7.43. The van der Waals surface area contributed by atoms with Crippen molar-refractivity contribution in [1.82, 2.24) is 4.90 Å². The molecule has 1 unspecified atom stereocenters. The molecule has 0 bridgehead atoms. The van der Waals surface area contributed by atoms with Crippen molar-refractivity contribution in [2.24, 2.45) is 0 Å². The molecule has 1 atom stereocenters. The Morgan fingerprint density at radius 1 is 1.27 bits per heavy atom. The maximum absolute atomic E-state index is 13.8. The van der Waals surface area contributed by atoms with E-state index in [-0.39, 0.29) is 6.04 Å². The van der Waals surface area contributed by atoms with Gasteiger partial charge in [-0.3, -0.25) is 4.90 Å². The van der Waals surface area contributed by atoms with E-state index in [0.717, 1.165) is 37.0 Å². The van der Waals surface area contributed by atoms with Gasteiger partial charge in [0.15, 0.2) is 11.6 Å². The number of halogens is 2. The molecule has 3 nitrogen and oxygen atoms in total. The molecule has 0 spiro atoms. The van der Waals surface area contributed by atoms with Gasteiger partial charge in [0, 0.05) is 19.2 Å². The van der Waals surface area contributed by atoms with Gasteiger partial charge in [0.1, 0.15) is 18.1 Å². The zero-order chi connectivity index (χ0) is 15.5. The molecule has 5 heteroatoms. The van der Waals surface area contributed by atoms with E-state index in [1.807, 2.05) is 12.1 Å². The second-order valence-electron chi connectivity index (χ2n) is 5.58. The number of nitrogens with zero attached hydrogens (tertiary/aromatic N) is 1. The zero-order valence-electron chi connectivity index (χ0n) is 12.5. The summed E-state index contributed by atoms with van der Waals surface area (Å²) in [7, 11) is 1.62. The van der Waals surface area contributed by atoms with Crippen LogP contribution >= 0.6 is 0 Å². The van der Waals surface area contributed by atoms with Gasteiger partial charge in [0.05, 0.1) is 6.04 Å². The zero-order valence-corrected chi connectivity index (χ0v) is 12.5. The predicted octanol–water partition coefficient (Wildman–Crippen LogP) is 4.04. The Bertz CT molecular complexity index is 641. The Labute approximate surface area is 128 Å². The number of ether oxygens (including phenoxy) is 1. The molecule has 0 N–H and O–H groups in total. The van der Waals surface area contributed by atoms with Crippen LogP contribution < -0.4 is 0 Å².